The summed E-state index contributed by atoms with van der Waals surface area (Å²) in [6, 6.07) is 1.28. The van der Waals surface area contributed by atoms with Gasteiger partial charge in [0.1, 0.15) is 16.2 Å². The second-order valence-corrected chi connectivity index (χ2v) is 5.18. The summed E-state index contributed by atoms with van der Waals surface area (Å²) in [6.07, 6.45) is -2.81. The first-order valence-electron chi connectivity index (χ1n) is 6.46. The van der Waals surface area contributed by atoms with Gasteiger partial charge in [0.15, 0.2) is 0 Å². The molecule has 3 aromatic rings. The van der Waals surface area contributed by atoms with Crippen molar-refractivity contribution in [2.75, 3.05) is 7.11 Å². The number of pyridine rings is 1. The number of carbonyl (C=O) groups is 1. The summed E-state index contributed by atoms with van der Waals surface area (Å²) < 4.78 is 44.0. The van der Waals surface area contributed by atoms with Gasteiger partial charge < -0.3 is 4.74 Å². The van der Waals surface area contributed by atoms with E-state index in [4.69, 9.17) is 11.6 Å². The van der Waals surface area contributed by atoms with E-state index in [2.05, 4.69) is 19.9 Å². The lowest BCUT2D eigenvalue weighted by molar-refractivity contribution is -0.212. The van der Waals surface area contributed by atoms with Gasteiger partial charge in [0.25, 0.3) is 0 Å². The first kappa shape index (κ1) is 16.2. The zero-order chi connectivity index (χ0) is 17.6. The Morgan fingerprint density at radius 3 is 2.62 bits per heavy atom. The molecule has 0 saturated carbocycles. The van der Waals surface area contributed by atoms with Gasteiger partial charge in [0.05, 0.1) is 24.6 Å². The number of alkyl halides is 3. The molecule has 24 heavy (non-hydrogen) atoms. The molecule has 3 aromatic heterocycles. The van der Waals surface area contributed by atoms with Gasteiger partial charge in [-0.25, -0.2) is 9.78 Å². The Balaban J connectivity index is 2.26. The number of aryl methyl sites for hydroxylation is 1. The third-order valence-corrected chi connectivity index (χ3v) is 3.47. The lowest BCUT2D eigenvalue weighted by Gasteiger charge is -2.04. The molecule has 11 heteroatoms. The smallest absolute Gasteiger partial charge is 0.465 e. The van der Waals surface area contributed by atoms with Crippen molar-refractivity contribution in [3.63, 3.8) is 0 Å². The van der Waals surface area contributed by atoms with Crippen LogP contribution in [0.2, 0.25) is 5.15 Å². The Morgan fingerprint density at radius 1 is 1.33 bits per heavy atom. The van der Waals surface area contributed by atoms with Crippen LogP contribution in [-0.2, 0) is 18.1 Å². The maximum absolute atomic E-state index is 12.7. The summed E-state index contributed by atoms with van der Waals surface area (Å²) in [4.78, 5) is 15.9. The number of halogens is 4. The molecule has 0 unspecified atom stereocenters. The Bertz CT molecular complexity index is 947. The molecule has 7 nitrogen and oxygen atoms in total. The van der Waals surface area contributed by atoms with E-state index in [0.29, 0.717) is 0 Å². The van der Waals surface area contributed by atoms with Crippen LogP contribution in [0.25, 0.3) is 22.3 Å². The zero-order valence-electron chi connectivity index (χ0n) is 12.3. The quantitative estimate of drug-likeness (QED) is 0.519. The molecule has 0 radical (unpaired) electrons. The van der Waals surface area contributed by atoms with Crippen molar-refractivity contribution in [1.82, 2.24) is 24.5 Å². The van der Waals surface area contributed by atoms with Gasteiger partial charge in [-0.2, -0.15) is 14.9 Å². The fourth-order valence-electron chi connectivity index (χ4n) is 2.30. The maximum Gasteiger partial charge on any atom is 0.504 e. The molecule has 0 amide bonds. The molecule has 0 aliphatic carbocycles. The first-order chi connectivity index (χ1) is 11.2. The highest BCUT2D eigenvalue weighted by atomic mass is 35.5. The molecular weight excluding hydrogens is 351 g/mol. The van der Waals surface area contributed by atoms with Crippen LogP contribution in [0.3, 0.4) is 0 Å². The third-order valence-electron chi connectivity index (χ3n) is 3.28. The van der Waals surface area contributed by atoms with Gasteiger partial charge in [-0.3, -0.25) is 4.68 Å². The van der Waals surface area contributed by atoms with E-state index in [1.807, 2.05) is 0 Å². The number of rotatable bonds is 2. The fourth-order valence-corrected chi connectivity index (χ4v) is 2.49. The van der Waals surface area contributed by atoms with Crippen molar-refractivity contribution >= 4 is 28.6 Å². The minimum absolute atomic E-state index is 0.0136. The zero-order valence-corrected chi connectivity index (χ0v) is 13.1. The number of aromatic nitrogens is 5. The summed E-state index contributed by atoms with van der Waals surface area (Å²) in [5.74, 6) is -0.681. The number of nitrogens with zero attached hydrogens (tertiary/aromatic N) is 5. The van der Waals surface area contributed by atoms with E-state index in [1.54, 1.807) is 0 Å². The number of carbonyl (C=O) groups excluding carboxylic acids is 1. The van der Waals surface area contributed by atoms with Crippen LogP contribution < -0.4 is 0 Å². The molecule has 3 rings (SSSR count). The number of hydrogen-bond donors (Lipinski definition) is 0. The number of ether oxygens (including phenoxy) is 1. The predicted molar refractivity (Wildman–Crippen MR) is 77.4 cm³/mol. The Kier molecular flexibility index (Phi) is 3.71. The van der Waals surface area contributed by atoms with Crippen LogP contribution in [0, 0.1) is 0 Å². The highest BCUT2D eigenvalue weighted by Gasteiger charge is 2.32. The number of fused-ring (bicyclic) bond motifs is 1. The van der Waals surface area contributed by atoms with Crippen molar-refractivity contribution in [3.05, 3.63) is 29.2 Å². The van der Waals surface area contributed by atoms with Crippen LogP contribution in [-0.4, -0.2) is 37.6 Å². The summed E-state index contributed by atoms with van der Waals surface area (Å²) >= 11 is 5.91. The van der Waals surface area contributed by atoms with Crippen molar-refractivity contribution in [2.45, 2.75) is 6.30 Å². The topological polar surface area (TPSA) is 74.8 Å². The SMILES string of the molecule is COC(=O)c1cc(Cl)nc2c(-c3cnn(C(F)(F)F)c3)n(C)nc12. The summed E-state index contributed by atoms with van der Waals surface area (Å²) in [7, 11) is 2.70. The van der Waals surface area contributed by atoms with Gasteiger partial charge in [0.2, 0.25) is 0 Å². The number of esters is 1. The molecule has 0 saturated heterocycles. The minimum atomic E-state index is -4.64. The van der Waals surface area contributed by atoms with E-state index in [-0.39, 0.29) is 37.7 Å². The van der Waals surface area contributed by atoms with Crippen molar-refractivity contribution in [3.8, 4) is 11.3 Å². The van der Waals surface area contributed by atoms with Gasteiger partial charge in [-0.05, 0) is 6.07 Å². The molecule has 0 spiro atoms. The average molecular weight is 360 g/mol. The van der Waals surface area contributed by atoms with Crippen LogP contribution >= 0.6 is 11.6 Å². The normalized spacial score (nSPS) is 11.9. The lowest BCUT2D eigenvalue weighted by atomic mass is 10.1. The molecule has 0 aliphatic heterocycles. The second-order valence-electron chi connectivity index (χ2n) is 4.79. The Labute approximate surface area is 137 Å². The van der Waals surface area contributed by atoms with Crippen molar-refractivity contribution in [2.24, 2.45) is 7.05 Å². The molecule has 0 aromatic carbocycles. The lowest BCUT2D eigenvalue weighted by Crippen LogP contribution is -2.16. The van der Waals surface area contributed by atoms with Crippen molar-refractivity contribution < 1.29 is 22.7 Å². The summed E-state index contributed by atoms with van der Waals surface area (Å²) in [6.45, 7) is 0. The third kappa shape index (κ3) is 2.58. The van der Waals surface area contributed by atoms with E-state index in [1.165, 1.54) is 24.9 Å². The van der Waals surface area contributed by atoms with Gasteiger partial charge in [-0.15, -0.1) is 13.2 Å². The number of methoxy groups -OCH3 is 1. The largest absolute Gasteiger partial charge is 0.504 e. The molecular formula is C13H9ClF3N5O2. The molecule has 3 heterocycles. The van der Waals surface area contributed by atoms with Gasteiger partial charge in [-0.1, -0.05) is 11.6 Å². The molecule has 0 N–H and O–H groups in total. The van der Waals surface area contributed by atoms with Crippen LogP contribution in [0.5, 0.6) is 0 Å². The van der Waals surface area contributed by atoms with Crippen molar-refractivity contribution in [1.29, 1.82) is 0 Å². The Morgan fingerprint density at radius 2 is 2.04 bits per heavy atom. The van der Waals surface area contributed by atoms with Crippen LogP contribution in [0.1, 0.15) is 10.4 Å². The monoisotopic (exact) mass is 359 g/mol. The van der Waals surface area contributed by atoms with E-state index in [9.17, 15) is 18.0 Å². The van der Waals surface area contributed by atoms with E-state index in [0.717, 1.165) is 12.4 Å². The Hall–Kier alpha value is -2.62. The van der Waals surface area contributed by atoms with E-state index < -0.39 is 12.3 Å². The van der Waals surface area contributed by atoms with Gasteiger partial charge in [0, 0.05) is 18.8 Å². The average Bonchev–Trinajstić information content (AvgIpc) is 3.09. The van der Waals surface area contributed by atoms with Gasteiger partial charge >= 0.3 is 12.3 Å². The molecule has 0 aliphatic rings. The molecule has 0 atom stereocenters. The molecule has 0 bridgehead atoms. The van der Waals surface area contributed by atoms with Crippen LogP contribution in [0.4, 0.5) is 13.2 Å². The fraction of sp³-hybridized carbons (Fsp3) is 0.231. The summed E-state index contributed by atoms with van der Waals surface area (Å²) in [5.41, 5.74) is 0.782. The maximum atomic E-state index is 12.7. The first-order valence-corrected chi connectivity index (χ1v) is 6.84. The minimum Gasteiger partial charge on any atom is -0.465 e. The summed E-state index contributed by atoms with van der Waals surface area (Å²) in [5, 5.41) is 7.42. The highest BCUT2D eigenvalue weighted by Crippen LogP contribution is 2.32. The van der Waals surface area contributed by atoms with Crippen LogP contribution in [0.15, 0.2) is 18.5 Å². The predicted octanol–water partition coefficient (Wildman–Crippen LogP) is 2.75. The molecule has 126 valence electrons. The van der Waals surface area contributed by atoms with E-state index >= 15 is 0 Å². The standard InChI is InChI=1S/C13H9ClF3N5O2/c1-21-11(6-4-18-22(5-6)13(15,16)17)10-9(20-21)7(12(23)24-2)3-8(14)19-10/h3-5H,1-2H3. The molecule has 0 fully saturated rings. The number of hydrogen-bond acceptors (Lipinski definition) is 5. The highest BCUT2D eigenvalue weighted by molar-refractivity contribution is 6.30. The second kappa shape index (κ2) is 5.48.